The predicted octanol–water partition coefficient (Wildman–Crippen LogP) is 2.38. The Balaban J connectivity index is 2.11. The van der Waals surface area contributed by atoms with Crippen LogP contribution in [0.1, 0.15) is 24.8 Å². The van der Waals surface area contributed by atoms with Crippen molar-refractivity contribution in [1.82, 2.24) is 0 Å². The molecule has 0 radical (unpaired) electrons. The largest absolute Gasteiger partial charge is 0.300 e. The Hall–Kier alpha value is -1.11. The molecule has 0 bridgehead atoms. The number of hydrogen-bond donors (Lipinski definition) is 0. The van der Waals surface area contributed by atoms with E-state index in [9.17, 15) is 4.79 Å². The molecule has 1 saturated carbocycles. The number of Topliss-reactive ketones (excluding diaryl/α,β-unsaturated/α-hetero) is 1. The van der Waals surface area contributed by atoms with Gasteiger partial charge in [0, 0.05) is 5.92 Å². The highest BCUT2D eigenvalue weighted by molar-refractivity contribution is 5.82. The van der Waals surface area contributed by atoms with Crippen LogP contribution in [0, 0.1) is 5.92 Å². The SMILES string of the molecule is CC(=O)[C@H]1C[C@H]1c1ccccc1. The van der Waals surface area contributed by atoms with Gasteiger partial charge in [0.15, 0.2) is 0 Å². The van der Waals surface area contributed by atoms with Crippen molar-refractivity contribution in [3.05, 3.63) is 35.9 Å². The van der Waals surface area contributed by atoms with Gasteiger partial charge in [-0.15, -0.1) is 0 Å². The summed E-state index contributed by atoms with van der Waals surface area (Å²) in [4.78, 5) is 11.0. The van der Waals surface area contributed by atoms with Gasteiger partial charge in [-0.3, -0.25) is 4.79 Å². The summed E-state index contributed by atoms with van der Waals surface area (Å²) in [6.07, 6.45) is 1.05. The van der Waals surface area contributed by atoms with E-state index in [0.29, 0.717) is 17.6 Å². The second-order valence-electron chi connectivity index (χ2n) is 3.47. The Bertz CT molecular complexity index is 289. The third-order valence-corrected chi connectivity index (χ3v) is 2.54. The predicted molar refractivity (Wildman–Crippen MR) is 48.0 cm³/mol. The summed E-state index contributed by atoms with van der Waals surface area (Å²) in [6, 6.07) is 10.3. The first-order chi connectivity index (χ1) is 5.79. The van der Waals surface area contributed by atoms with E-state index in [1.54, 1.807) is 6.92 Å². The van der Waals surface area contributed by atoms with E-state index in [1.807, 2.05) is 18.2 Å². The first kappa shape index (κ1) is 7.53. The van der Waals surface area contributed by atoms with E-state index in [2.05, 4.69) is 12.1 Å². The number of carbonyl (C=O) groups excluding carboxylic acids is 1. The molecule has 2 rings (SSSR count). The molecule has 1 heteroatoms. The number of hydrogen-bond acceptors (Lipinski definition) is 1. The highest BCUT2D eigenvalue weighted by atomic mass is 16.1. The molecule has 0 saturated heterocycles. The summed E-state index contributed by atoms with van der Waals surface area (Å²) in [5, 5.41) is 0. The molecule has 1 aliphatic rings. The van der Waals surface area contributed by atoms with Crippen LogP contribution in [-0.4, -0.2) is 5.78 Å². The smallest absolute Gasteiger partial charge is 0.133 e. The van der Waals surface area contributed by atoms with Crippen molar-refractivity contribution in [2.45, 2.75) is 19.3 Å². The molecule has 1 fully saturated rings. The molecule has 0 aromatic heterocycles. The molecule has 0 aliphatic heterocycles. The van der Waals surface area contributed by atoms with Gasteiger partial charge in [0.05, 0.1) is 0 Å². The minimum Gasteiger partial charge on any atom is -0.300 e. The van der Waals surface area contributed by atoms with Gasteiger partial charge in [0.1, 0.15) is 5.78 Å². The van der Waals surface area contributed by atoms with Gasteiger partial charge in [-0.25, -0.2) is 0 Å². The van der Waals surface area contributed by atoms with Crippen LogP contribution in [0.4, 0.5) is 0 Å². The molecule has 62 valence electrons. The average molecular weight is 160 g/mol. The quantitative estimate of drug-likeness (QED) is 0.649. The van der Waals surface area contributed by atoms with Gasteiger partial charge >= 0.3 is 0 Å². The summed E-state index contributed by atoms with van der Waals surface area (Å²) in [5.41, 5.74) is 1.32. The normalized spacial score (nSPS) is 26.8. The van der Waals surface area contributed by atoms with Crippen molar-refractivity contribution in [1.29, 1.82) is 0 Å². The summed E-state index contributed by atoms with van der Waals surface area (Å²) < 4.78 is 0. The fourth-order valence-electron chi connectivity index (χ4n) is 1.71. The third kappa shape index (κ3) is 1.27. The zero-order valence-corrected chi connectivity index (χ0v) is 7.16. The Morgan fingerprint density at radius 1 is 1.33 bits per heavy atom. The molecular weight excluding hydrogens is 148 g/mol. The lowest BCUT2D eigenvalue weighted by atomic mass is 10.1. The molecule has 0 spiro atoms. The van der Waals surface area contributed by atoms with E-state index in [1.165, 1.54) is 5.56 Å². The minimum atomic E-state index is 0.312. The molecule has 0 unspecified atom stereocenters. The second-order valence-corrected chi connectivity index (χ2v) is 3.47. The molecule has 1 nitrogen and oxygen atoms in total. The average Bonchev–Trinajstić information content (AvgIpc) is 2.84. The maximum Gasteiger partial charge on any atom is 0.133 e. The summed E-state index contributed by atoms with van der Waals surface area (Å²) in [6.45, 7) is 1.69. The lowest BCUT2D eigenvalue weighted by Gasteiger charge is -1.96. The number of rotatable bonds is 2. The highest BCUT2D eigenvalue weighted by Crippen LogP contribution is 2.47. The Labute approximate surface area is 72.4 Å². The van der Waals surface area contributed by atoms with Gasteiger partial charge in [-0.2, -0.15) is 0 Å². The lowest BCUT2D eigenvalue weighted by Crippen LogP contribution is -1.94. The van der Waals surface area contributed by atoms with Crippen LogP contribution in [0.25, 0.3) is 0 Å². The van der Waals surface area contributed by atoms with Crippen LogP contribution in [0.5, 0.6) is 0 Å². The number of carbonyl (C=O) groups is 1. The maximum absolute atomic E-state index is 11.0. The number of benzene rings is 1. The van der Waals surface area contributed by atoms with E-state index >= 15 is 0 Å². The maximum atomic E-state index is 11.0. The Kier molecular flexibility index (Phi) is 1.72. The van der Waals surface area contributed by atoms with E-state index in [0.717, 1.165) is 6.42 Å². The van der Waals surface area contributed by atoms with Gasteiger partial charge in [0.25, 0.3) is 0 Å². The van der Waals surface area contributed by atoms with Crippen molar-refractivity contribution in [2.75, 3.05) is 0 Å². The summed E-state index contributed by atoms with van der Waals surface area (Å²) in [5.74, 6) is 1.17. The Morgan fingerprint density at radius 3 is 2.50 bits per heavy atom. The molecular formula is C11H12O. The summed E-state index contributed by atoms with van der Waals surface area (Å²) in [7, 11) is 0. The monoisotopic (exact) mass is 160 g/mol. The van der Waals surface area contributed by atoms with E-state index < -0.39 is 0 Å². The zero-order valence-electron chi connectivity index (χ0n) is 7.16. The Morgan fingerprint density at radius 2 is 2.00 bits per heavy atom. The van der Waals surface area contributed by atoms with Crippen LogP contribution >= 0.6 is 0 Å². The minimum absolute atomic E-state index is 0.312. The van der Waals surface area contributed by atoms with Crippen LogP contribution in [0.2, 0.25) is 0 Å². The fraction of sp³-hybridized carbons (Fsp3) is 0.364. The molecule has 0 N–H and O–H groups in total. The topological polar surface area (TPSA) is 17.1 Å². The van der Waals surface area contributed by atoms with Crippen molar-refractivity contribution in [3.8, 4) is 0 Å². The first-order valence-corrected chi connectivity index (χ1v) is 4.34. The molecule has 0 heterocycles. The lowest BCUT2D eigenvalue weighted by molar-refractivity contribution is -0.118. The molecule has 0 amide bonds. The van der Waals surface area contributed by atoms with Crippen LogP contribution in [0.15, 0.2) is 30.3 Å². The van der Waals surface area contributed by atoms with Crippen molar-refractivity contribution in [2.24, 2.45) is 5.92 Å². The molecule has 2 atom stereocenters. The van der Waals surface area contributed by atoms with E-state index in [-0.39, 0.29) is 0 Å². The fourth-order valence-corrected chi connectivity index (χ4v) is 1.71. The van der Waals surface area contributed by atoms with Crippen molar-refractivity contribution in [3.63, 3.8) is 0 Å². The molecule has 1 aromatic carbocycles. The highest BCUT2D eigenvalue weighted by Gasteiger charge is 2.41. The second kappa shape index (κ2) is 2.74. The van der Waals surface area contributed by atoms with Crippen LogP contribution < -0.4 is 0 Å². The number of ketones is 1. The third-order valence-electron chi connectivity index (χ3n) is 2.54. The zero-order chi connectivity index (χ0) is 8.55. The van der Waals surface area contributed by atoms with Gasteiger partial charge < -0.3 is 0 Å². The summed E-state index contributed by atoms with van der Waals surface area (Å²) >= 11 is 0. The van der Waals surface area contributed by atoms with Crippen LogP contribution in [0.3, 0.4) is 0 Å². The molecule has 12 heavy (non-hydrogen) atoms. The van der Waals surface area contributed by atoms with Gasteiger partial charge in [-0.1, -0.05) is 30.3 Å². The van der Waals surface area contributed by atoms with Crippen LogP contribution in [-0.2, 0) is 4.79 Å². The van der Waals surface area contributed by atoms with Crippen molar-refractivity contribution < 1.29 is 4.79 Å². The van der Waals surface area contributed by atoms with Crippen molar-refractivity contribution >= 4 is 5.78 Å². The van der Waals surface area contributed by atoms with E-state index in [4.69, 9.17) is 0 Å². The molecule has 1 aromatic rings. The molecule has 1 aliphatic carbocycles. The standard InChI is InChI=1S/C11H12O/c1-8(12)10-7-11(10)9-5-3-2-4-6-9/h2-6,10-11H,7H2,1H3/t10-,11+/m1/s1. The first-order valence-electron chi connectivity index (χ1n) is 4.34. The van der Waals surface area contributed by atoms with Gasteiger partial charge in [-0.05, 0) is 24.8 Å². The van der Waals surface area contributed by atoms with Gasteiger partial charge in [0.2, 0.25) is 0 Å².